The minimum absolute atomic E-state index is 0.533. The molecule has 0 fully saturated rings. The van der Waals surface area contributed by atoms with Crippen LogP contribution in [-0.4, -0.2) is 24.1 Å². The van der Waals surface area contributed by atoms with E-state index >= 15 is 0 Å². The van der Waals surface area contributed by atoms with Gasteiger partial charge in [-0.2, -0.15) is 10.5 Å². The molecule has 0 bridgehead atoms. The number of aromatic nitrogens is 5. The zero-order valence-electron chi connectivity index (χ0n) is 30.9. The lowest BCUT2D eigenvalue weighted by molar-refractivity contribution is 1.08. The van der Waals surface area contributed by atoms with Crippen LogP contribution in [0.4, 0.5) is 0 Å². The van der Waals surface area contributed by atoms with E-state index in [0.29, 0.717) is 28.6 Å². The fourth-order valence-corrected chi connectivity index (χ4v) is 8.27. The summed E-state index contributed by atoms with van der Waals surface area (Å²) in [7, 11) is 0. The Morgan fingerprint density at radius 3 is 1.19 bits per heavy atom. The lowest BCUT2D eigenvalue weighted by Gasteiger charge is -2.11. The van der Waals surface area contributed by atoms with Gasteiger partial charge in [-0.1, -0.05) is 72.8 Å². The van der Waals surface area contributed by atoms with Crippen LogP contribution in [0.1, 0.15) is 11.1 Å². The molecule has 0 saturated carbocycles. The van der Waals surface area contributed by atoms with Crippen molar-refractivity contribution in [3.8, 4) is 57.7 Å². The molecule has 0 saturated heterocycles. The van der Waals surface area contributed by atoms with Gasteiger partial charge in [-0.25, -0.2) is 15.0 Å². The molecular formula is C51H29N7. The molecular weight excluding hydrogens is 711 g/mol. The predicted octanol–water partition coefficient (Wildman–Crippen LogP) is 12.0. The summed E-state index contributed by atoms with van der Waals surface area (Å²) in [6.07, 6.45) is 0. The Hall–Kier alpha value is -8.39. The normalized spacial score (nSPS) is 11.4. The fraction of sp³-hybridized carbons (Fsp3) is 0. The molecule has 268 valence electrons. The Labute approximate surface area is 332 Å². The van der Waals surface area contributed by atoms with Gasteiger partial charge in [0, 0.05) is 49.6 Å². The summed E-state index contributed by atoms with van der Waals surface area (Å²) in [6.45, 7) is 0. The van der Waals surface area contributed by atoms with E-state index in [2.05, 4.69) is 112 Å². The maximum atomic E-state index is 9.88. The molecule has 7 heteroatoms. The standard InChI is InChI=1S/C51H29N7/c52-30-32-15-21-45-41(25-32)43-28-37(19-23-47(43)57(45)39-11-3-1-4-12-39)50-54-49(36-18-17-34-9-7-8-10-35(34)27-36)55-51(56-50)38-20-24-48-44(29-38)42-26-33(31-53)16-22-46(42)58(48)40-13-5-2-6-14-40/h1-29H. The molecule has 0 spiro atoms. The van der Waals surface area contributed by atoms with Crippen molar-refractivity contribution in [1.82, 2.24) is 24.1 Å². The van der Waals surface area contributed by atoms with Crippen LogP contribution in [0.3, 0.4) is 0 Å². The first kappa shape index (κ1) is 33.0. The highest BCUT2D eigenvalue weighted by Crippen LogP contribution is 2.38. The Balaban J connectivity index is 1.15. The Morgan fingerprint density at radius 1 is 0.345 bits per heavy atom. The lowest BCUT2D eigenvalue weighted by Crippen LogP contribution is -2.00. The molecule has 3 aromatic heterocycles. The molecule has 0 N–H and O–H groups in total. The summed E-state index contributed by atoms with van der Waals surface area (Å²) in [5.74, 6) is 1.62. The maximum absolute atomic E-state index is 9.88. The highest BCUT2D eigenvalue weighted by atomic mass is 15.0. The van der Waals surface area contributed by atoms with E-state index in [1.54, 1.807) is 0 Å². The van der Waals surface area contributed by atoms with Crippen molar-refractivity contribution >= 4 is 54.4 Å². The van der Waals surface area contributed by atoms with Crippen LogP contribution in [0, 0.1) is 22.7 Å². The molecule has 0 aliphatic heterocycles. The van der Waals surface area contributed by atoms with Crippen LogP contribution < -0.4 is 0 Å². The van der Waals surface area contributed by atoms with Gasteiger partial charge in [-0.05, 0) is 114 Å². The van der Waals surface area contributed by atoms with Crippen LogP contribution in [-0.2, 0) is 0 Å². The van der Waals surface area contributed by atoms with Crippen molar-refractivity contribution in [2.45, 2.75) is 0 Å². The second-order valence-electron chi connectivity index (χ2n) is 14.4. The van der Waals surface area contributed by atoms with Crippen molar-refractivity contribution in [3.05, 3.63) is 187 Å². The fourth-order valence-electron chi connectivity index (χ4n) is 8.27. The Morgan fingerprint density at radius 2 is 0.724 bits per heavy atom. The highest BCUT2D eigenvalue weighted by Gasteiger charge is 2.19. The first-order valence-electron chi connectivity index (χ1n) is 19.0. The smallest absolute Gasteiger partial charge is 0.164 e. The first-order chi connectivity index (χ1) is 28.6. The predicted molar refractivity (Wildman–Crippen MR) is 232 cm³/mol. The molecule has 0 atom stereocenters. The Bertz CT molecular complexity index is 3340. The molecule has 58 heavy (non-hydrogen) atoms. The molecule has 3 heterocycles. The maximum Gasteiger partial charge on any atom is 0.164 e. The summed E-state index contributed by atoms with van der Waals surface area (Å²) in [5.41, 5.74) is 9.83. The number of nitriles is 2. The SMILES string of the molecule is N#Cc1ccc2c(c1)c1cc(-c3nc(-c4ccc5ccccc5c4)nc(-c4ccc5c(c4)c4cc(C#N)ccc4n5-c4ccccc4)n3)ccc1n2-c1ccccc1. The van der Waals surface area contributed by atoms with Crippen LogP contribution in [0.2, 0.25) is 0 Å². The number of hydrogen-bond donors (Lipinski definition) is 0. The summed E-state index contributed by atoms with van der Waals surface area (Å²) >= 11 is 0. The molecule has 0 amide bonds. The van der Waals surface area contributed by atoms with Gasteiger partial charge < -0.3 is 9.13 Å². The molecule has 11 rings (SSSR count). The zero-order chi connectivity index (χ0) is 38.7. The third-order valence-corrected chi connectivity index (χ3v) is 11.0. The number of hydrogen-bond acceptors (Lipinski definition) is 5. The van der Waals surface area contributed by atoms with Crippen molar-refractivity contribution in [3.63, 3.8) is 0 Å². The average Bonchev–Trinajstić information content (AvgIpc) is 3.80. The van der Waals surface area contributed by atoms with Gasteiger partial charge in [0.2, 0.25) is 0 Å². The molecule has 0 unspecified atom stereocenters. The zero-order valence-corrected chi connectivity index (χ0v) is 30.9. The lowest BCUT2D eigenvalue weighted by atomic mass is 10.1. The third kappa shape index (κ3) is 5.31. The van der Waals surface area contributed by atoms with Crippen LogP contribution in [0.25, 0.3) is 99.9 Å². The van der Waals surface area contributed by atoms with Crippen molar-refractivity contribution in [2.75, 3.05) is 0 Å². The summed E-state index contributed by atoms with van der Waals surface area (Å²) < 4.78 is 4.46. The minimum Gasteiger partial charge on any atom is -0.309 e. The van der Waals surface area contributed by atoms with Gasteiger partial charge in [0.1, 0.15) is 0 Å². The molecule has 0 radical (unpaired) electrons. The molecule has 0 aliphatic carbocycles. The van der Waals surface area contributed by atoms with E-state index in [9.17, 15) is 10.5 Å². The van der Waals surface area contributed by atoms with Crippen LogP contribution >= 0.6 is 0 Å². The van der Waals surface area contributed by atoms with Crippen molar-refractivity contribution in [1.29, 1.82) is 10.5 Å². The van der Waals surface area contributed by atoms with Gasteiger partial charge in [-0.15, -0.1) is 0 Å². The quantitative estimate of drug-likeness (QED) is 0.175. The van der Waals surface area contributed by atoms with Crippen LogP contribution in [0.5, 0.6) is 0 Å². The van der Waals surface area contributed by atoms with E-state index in [1.807, 2.05) is 84.9 Å². The van der Waals surface area contributed by atoms with Crippen LogP contribution in [0.15, 0.2) is 176 Å². The largest absolute Gasteiger partial charge is 0.309 e. The Kier molecular flexibility index (Phi) is 7.47. The van der Waals surface area contributed by atoms with Crippen molar-refractivity contribution < 1.29 is 0 Å². The van der Waals surface area contributed by atoms with Gasteiger partial charge in [0.05, 0.1) is 45.3 Å². The number of para-hydroxylation sites is 2. The number of benzene rings is 8. The summed E-state index contributed by atoms with van der Waals surface area (Å²) in [6, 6.07) is 64.0. The summed E-state index contributed by atoms with van der Waals surface area (Å²) in [5, 5.41) is 25.9. The van der Waals surface area contributed by atoms with E-state index < -0.39 is 0 Å². The van der Waals surface area contributed by atoms with E-state index in [1.165, 1.54) is 0 Å². The third-order valence-electron chi connectivity index (χ3n) is 11.0. The molecule has 0 aliphatic rings. The van der Waals surface area contributed by atoms with Crippen molar-refractivity contribution in [2.24, 2.45) is 0 Å². The van der Waals surface area contributed by atoms with Gasteiger partial charge in [0.25, 0.3) is 0 Å². The topological polar surface area (TPSA) is 96.1 Å². The number of fused-ring (bicyclic) bond motifs is 7. The van der Waals surface area contributed by atoms with Gasteiger partial charge >= 0.3 is 0 Å². The molecule has 11 aromatic rings. The van der Waals surface area contributed by atoms with E-state index in [-0.39, 0.29) is 0 Å². The van der Waals surface area contributed by atoms with Gasteiger partial charge in [0.15, 0.2) is 17.5 Å². The van der Waals surface area contributed by atoms with Gasteiger partial charge in [-0.3, -0.25) is 0 Å². The van der Waals surface area contributed by atoms with E-state index in [0.717, 1.165) is 82.4 Å². The number of nitrogens with zero attached hydrogens (tertiary/aromatic N) is 7. The number of rotatable bonds is 5. The second-order valence-corrected chi connectivity index (χ2v) is 14.4. The molecule has 7 nitrogen and oxygen atoms in total. The monoisotopic (exact) mass is 739 g/mol. The minimum atomic E-state index is 0.533. The highest BCUT2D eigenvalue weighted by molar-refractivity contribution is 6.12. The summed E-state index contributed by atoms with van der Waals surface area (Å²) in [4.78, 5) is 15.5. The average molecular weight is 740 g/mol. The molecule has 8 aromatic carbocycles. The van der Waals surface area contributed by atoms with E-state index in [4.69, 9.17) is 15.0 Å². The first-order valence-corrected chi connectivity index (χ1v) is 19.0. The second kappa shape index (κ2) is 13.1.